The average molecular weight is 1880 g/mol. The summed E-state index contributed by atoms with van der Waals surface area (Å²) in [5.74, 6) is 6.28. The Morgan fingerprint density at radius 3 is 1.09 bits per heavy atom. The number of benzene rings is 1. The second kappa shape index (κ2) is 86.7. The molecule has 1 aliphatic carbocycles. The average Bonchev–Trinajstić information content (AvgIpc) is 1.78. The molecule has 1 N–H and O–H groups in total. The van der Waals surface area contributed by atoms with Gasteiger partial charge in [-0.3, -0.25) is 19.2 Å². The number of carbonyl (C=O) groups excluding carboxylic acids is 11. The van der Waals surface area contributed by atoms with Crippen LogP contribution >= 0.6 is 0 Å². The molecule has 774 valence electrons. The van der Waals surface area contributed by atoms with E-state index >= 15 is 0 Å². The van der Waals surface area contributed by atoms with Crippen LogP contribution < -0.4 is 5.32 Å². The van der Waals surface area contributed by atoms with E-state index < -0.39 is 24.6 Å². The van der Waals surface area contributed by atoms with Gasteiger partial charge in [-0.05, 0) is 205 Å². The zero-order chi connectivity index (χ0) is 103. The lowest BCUT2D eigenvalue weighted by Crippen LogP contribution is -2.24. The molecule has 0 bridgehead atoms. The Morgan fingerprint density at radius 1 is 0.427 bits per heavy atom. The summed E-state index contributed by atoms with van der Waals surface area (Å²) in [5, 5.41) is 2.36. The second-order valence-electron chi connectivity index (χ2n) is 38.4. The van der Waals surface area contributed by atoms with Gasteiger partial charge in [0, 0.05) is 34.5 Å². The van der Waals surface area contributed by atoms with Crippen LogP contribution in [0.15, 0.2) is 54.4 Å². The molecule has 0 aromatic heterocycles. The van der Waals surface area contributed by atoms with Gasteiger partial charge >= 0.3 is 66.7 Å². The van der Waals surface area contributed by atoms with Crippen molar-refractivity contribution in [1.82, 2.24) is 10.2 Å². The lowest BCUT2D eigenvalue weighted by Gasteiger charge is -2.21. The molecule has 2 amide bonds. The van der Waals surface area contributed by atoms with Crippen LogP contribution in [0, 0.1) is 87.8 Å². The fraction of sp³-hybridized carbons (Fsp3) is 0.792. The summed E-state index contributed by atoms with van der Waals surface area (Å²) >= 11 is 0. The third kappa shape index (κ3) is 112. The van der Waals surface area contributed by atoms with E-state index in [9.17, 15) is 52.7 Å². The summed E-state index contributed by atoms with van der Waals surface area (Å²) < 4.78 is 83.2. The number of hydrogen-bond donors (Lipinski definition) is 1. The molecule has 1 aliphatic heterocycles. The normalized spacial score (nSPS) is 12.2. The van der Waals surface area contributed by atoms with Crippen LogP contribution in [0.25, 0.3) is 0 Å². The number of ether oxygens (including phenoxy) is 17. The lowest BCUT2D eigenvalue weighted by atomic mass is 9.97. The van der Waals surface area contributed by atoms with Crippen LogP contribution in [-0.4, -0.2) is 190 Å². The van der Waals surface area contributed by atoms with Crippen LogP contribution in [0.5, 0.6) is 0 Å². The van der Waals surface area contributed by atoms with E-state index in [1.807, 2.05) is 247 Å². The largest absolute Gasteiger partial charge is 0.508 e. The molecular weight excluding hydrogens is 1690 g/mol. The van der Waals surface area contributed by atoms with E-state index in [4.69, 9.17) is 61.6 Å². The van der Waals surface area contributed by atoms with E-state index in [0.717, 1.165) is 30.8 Å². The van der Waals surface area contributed by atoms with Crippen LogP contribution in [0.2, 0.25) is 0 Å². The predicted molar refractivity (Wildman–Crippen MR) is 521 cm³/mol. The zero-order valence-corrected chi connectivity index (χ0v) is 89.3. The Labute approximate surface area is 795 Å². The van der Waals surface area contributed by atoms with Gasteiger partial charge in [0.2, 0.25) is 0 Å². The first-order valence-corrected chi connectivity index (χ1v) is 46.3. The van der Waals surface area contributed by atoms with Crippen molar-refractivity contribution >= 4 is 66.7 Å². The second-order valence-corrected chi connectivity index (χ2v) is 38.4. The zero-order valence-electron chi connectivity index (χ0n) is 89.3. The molecule has 30 nitrogen and oxygen atoms in total. The molecule has 2 atom stereocenters. The van der Waals surface area contributed by atoms with Gasteiger partial charge in [-0.25, -0.2) is 33.6 Å². The van der Waals surface area contributed by atoms with Crippen molar-refractivity contribution in [2.24, 2.45) is 87.8 Å². The molecule has 2 aliphatic rings. The number of nitrogens with zero attached hydrogens (tertiary/aromatic N) is 1. The fourth-order valence-electron chi connectivity index (χ4n) is 7.14. The molecule has 0 spiro atoms. The number of hydrogen-bond acceptors (Lipinski definition) is 28. The highest BCUT2D eigenvalue weighted by Crippen LogP contribution is 2.28. The third-order valence-corrected chi connectivity index (χ3v) is 14.9. The van der Waals surface area contributed by atoms with E-state index in [2.05, 4.69) is 44.7 Å². The Hall–Kier alpha value is -8.73. The van der Waals surface area contributed by atoms with Gasteiger partial charge < -0.3 is 90.7 Å². The Balaban J connectivity index is -0.000000153. The van der Waals surface area contributed by atoms with Gasteiger partial charge in [0.05, 0.1) is 101 Å². The number of alkyl carbamates (subject to hydrolysis) is 1. The SMILES string of the molecule is C.C=C1OC(C)=C(CC(C)C)O1.CC(=O)OCC(C)C.CC(C)C(C)OC(=O)c1ccccc1.CC(C)COC(=O)C(C)(C)C.CC(C)COC(=O)C(C)(C)C.CC(C)COC(=O)C(C)C.CC(C)COC(=O)N(C)C.CC(C)COC(=O)OC(C)C.CC(C)COC(=O)OC1CCCCC1.CCOC(=O)OC(C)C(C)C.CCOC(=O)OCC(C)C.CNC(=O)OCC(C)C. The predicted octanol–water partition coefficient (Wildman–Crippen LogP) is 25.5. The summed E-state index contributed by atoms with van der Waals surface area (Å²) in [6.45, 7) is 86.0. The van der Waals surface area contributed by atoms with E-state index in [-0.39, 0.29) is 90.6 Å². The van der Waals surface area contributed by atoms with Gasteiger partial charge in [-0.15, -0.1) is 0 Å². The van der Waals surface area contributed by atoms with Crippen molar-refractivity contribution in [2.45, 2.75) is 347 Å². The van der Waals surface area contributed by atoms with Crippen LogP contribution in [0.1, 0.15) is 333 Å². The maximum atomic E-state index is 11.5. The van der Waals surface area contributed by atoms with E-state index in [1.54, 1.807) is 61.0 Å². The molecule has 1 aromatic carbocycles. The molecule has 1 saturated carbocycles. The van der Waals surface area contributed by atoms with Crippen molar-refractivity contribution in [3.05, 3.63) is 59.9 Å². The molecule has 1 fully saturated rings. The van der Waals surface area contributed by atoms with Gasteiger partial charge in [0.25, 0.3) is 5.95 Å². The highest BCUT2D eigenvalue weighted by atomic mass is 16.7. The van der Waals surface area contributed by atoms with Gasteiger partial charge in [-0.2, -0.15) is 0 Å². The summed E-state index contributed by atoms with van der Waals surface area (Å²) in [6, 6.07) is 9.06. The molecule has 1 heterocycles. The molecule has 0 saturated heterocycles. The number of rotatable bonds is 30. The number of amides is 2. The molecule has 1 aromatic rings. The van der Waals surface area contributed by atoms with Crippen molar-refractivity contribution < 1.29 is 133 Å². The summed E-state index contributed by atoms with van der Waals surface area (Å²) in [5.41, 5.74) is -0.121. The lowest BCUT2D eigenvalue weighted by molar-refractivity contribution is -0.154. The minimum absolute atomic E-state index is 0. The Bertz CT molecular complexity index is 3020. The molecular formula is C101H192N2O28. The number of allylic oxidation sites excluding steroid dienone is 2. The first-order valence-electron chi connectivity index (χ1n) is 46.3. The maximum Gasteiger partial charge on any atom is 0.508 e. The fourth-order valence-corrected chi connectivity index (χ4v) is 7.14. The standard InChI is InChI=1S/C12H16O2.C11H20O3.C9H14O2.2C9H18O2.2C8H16O3.C8H16O2.C7H15NO2.C7H14O3.C6H13NO2.C6H12O2.CH4/c1-9(2)10(3)14-12(13)11-7-5-4-6-8-11;1-9(2)8-13-11(12)14-10-6-4-3-5-7-10;1-6(2)5-9-7(3)10-8(4)11-9;2*1-7(2)6-11-8(10)9(3,4)5;1-6(2)5-10-8(9)11-7(3)4;1-5-10-8(9)11-7(4)6(2)3;1-6(2)5-10-8(9)7(3)4;1-6(2)5-10-7(9)8(3)4;1-4-9-7(8)10-5-6(2)3;1-5(2)4-9-6(8)7-3;1-5(2)4-8-6(3)7;/h4-10H,1-3H3;9-10H,3-8H2,1-2H3;6H,4-5H2,1-3H3;2*7H,6H2,1-5H3;2*6-7H,5H2,1-4H3;6-7H,5H2,1-4H3;6H,5H2,1-4H3;6H,4-5H2,1-3H3;5H,4H2,1-3H3,(H,7,8);5H,4H2,1-3H3;1H4. The van der Waals surface area contributed by atoms with Crippen molar-refractivity contribution in [2.75, 3.05) is 93.8 Å². The molecule has 30 heteroatoms. The summed E-state index contributed by atoms with van der Waals surface area (Å²) in [7, 11) is 4.88. The van der Waals surface area contributed by atoms with Crippen molar-refractivity contribution in [3.8, 4) is 0 Å². The topological polar surface area (TPSA) is 360 Å². The molecule has 3 rings (SSSR count). The molecule has 131 heavy (non-hydrogen) atoms. The van der Waals surface area contributed by atoms with Crippen molar-refractivity contribution in [1.29, 1.82) is 0 Å². The number of esters is 5. The Kier molecular flexibility index (Phi) is 94.4. The minimum Gasteiger partial charge on any atom is -0.466 e. The smallest absolute Gasteiger partial charge is 0.466 e. The first-order chi connectivity index (χ1) is 59.7. The van der Waals surface area contributed by atoms with Crippen LogP contribution in [0.4, 0.5) is 28.8 Å². The first kappa shape index (κ1) is 143. The van der Waals surface area contributed by atoms with Crippen molar-refractivity contribution in [3.63, 3.8) is 0 Å². The summed E-state index contributed by atoms with van der Waals surface area (Å²) in [4.78, 5) is 120. The van der Waals surface area contributed by atoms with Crippen LogP contribution in [0.3, 0.4) is 0 Å². The summed E-state index contributed by atoms with van der Waals surface area (Å²) in [6.07, 6.45) is 3.56. The monoisotopic (exact) mass is 1880 g/mol. The number of nitrogens with one attached hydrogen (secondary N) is 1. The number of carbonyl (C=O) groups is 11. The minimum atomic E-state index is -0.575. The van der Waals surface area contributed by atoms with Gasteiger partial charge in [0.15, 0.2) is 0 Å². The maximum absolute atomic E-state index is 11.5. The highest BCUT2D eigenvalue weighted by molar-refractivity contribution is 5.89. The quantitative estimate of drug-likeness (QED) is 0.0552. The van der Waals surface area contributed by atoms with Gasteiger partial charge in [-0.1, -0.05) is 212 Å². The highest BCUT2D eigenvalue weighted by Gasteiger charge is 2.25. The molecule has 2 unspecified atom stereocenters. The van der Waals surface area contributed by atoms with E-state index in [0.29, 0.717) is 155 Å². The Morgan fingerprint density at radius 2 is 0.771 bits per heavy atom. The van der Waals surface area contributed by atoms with E-state index in [1.165, 1.54) is 31.1 Å². The van der Waals surface area contributed by atoms with Crippen LogP contribution in [-0.2, 0) is 99.7 Å². The molecule has 0 radical (unpaired) electrons. The van der Waals surface area contributed by atoms with Gasteiger partial charge in [0.1, 0.15) is 29.8 Å². The third-order valence-electron chi connectivity index (χ3n) is 14.9.